The van der Waals surface area contributed by atoms with Gasteiger partial charge in [0, 0.05) is 12.5 Å². The zero-order valence-corrected chi connectivity index (χ0v) is 12.1. The van der Waals surface area contributed by atoms with Crippen LogP contribution < -0.4 is 10.2 Å². The minimum absolute atomic E-state index is 0.0535. The number of halogens is 1. The first kappa shape index (κ1) is 16.5. The number of aliphatic carboxylic acids is 1. The molecule has 1 aromatic carbocycles. The lowest BCUT2D eigenvalue weighted by atomic mass is 10.1. The van der Waals surface area contributed by atoms with E-state index in [1.165, 1.54) is 0 Å². The molecule has 0 aliphatic rings. The van der Waals surface area contributed by atoms with Crippen LogP contribution in [0.15, 0.2) is 30.3 Å². The average molecular weight is 299 g/mol. The van der Waals surface area contributed by atoms with Crippen LogP contribution in [0.5, 0.6) is 0 Å². The molecule has 0 aliphatic carbocycles. The van der Waals surface area contributed by atoms with E-state index in [1.54, 1.807) is 0 Å². The van der Waals surface area contributed by atoms with Crippen molar-refractivity contribution in [3.05, 3.63) is 35.9 Å². The van der Waals surface area contributed by atoms with Crippen LogP contribution in [0.1, 0.15) is 25.3 Å². The standard InChI is InChI=1S/C14H19ClN2O3/c1-10(9-11-5-3-2-4-6-11)16-14(20)12(17-15)7-8-13(18)19/h2-6,10,12,17H,7-9H2,1H3,(H,16,20)(H,18,19)/t10-,12+/m0/s1. The number of nitrogens with one attached hydrogen (secondary N) is 2. The summed E-state index contributed by atoms with van der Waals surface area (Å²) in [6.45, 7) is 1.90. The second kappa shape index (κ2) is 8.55. The van der Waals surface area contributed by atoms with Crippen molar-refractivity contribution in [2.45, 2.75) is 38.3 Å². The summed E-state index contributed by atoms with van der Waals surface area (Å²) in [5, 5.41) is 11.4. The number of carbonyl (C=O) groups is 2. The molecule has 0 unspecified atom stereocenters. The minimum Gasteiger partial charge on any atom is -0.481 e. The first-order chi connectivity index (χ1) is 9.52. The highest BCUT2D eigenvalue weighted by atomic mass is 35.5. The zero-order chi connectivity index (χ0) is 15.0. The summed E-state index contributed by atoms with van der Waals surface area (Å²) >= 11 is 5.49. The predicted octanol–water partition coefficient (Wildman–Crippen LogP) is 1.71. The van der Waals surface area contributed by atoms with Crippen LogP contribution in [-0.4, -0.2) is 29.1 Å². The van der Waals surface area contributed by atoms with Gasteiger partial charge in [-0.25, -0.2) is 4.84 Å². The van der Waals surface area contributed by atoms with Gasteiger partial charge in [0.15, 0.2) is 0 Å². The van der Waals surface area contributed by atoms with Crippen molar-refractivity contribution in [1.29, 1.82) is 0 Å². The Kier molecular flexibility index (Phi) is 7.04. The van der Waals surface area contributed by atoms with Crippen molar-refractivity contribution in [1.82, 2.24) is 10.2 Å². The normalized spacial score (nSPS) is 13.5. The number of carboxylic acid groups (broad SMARTS) is 1. The van der Waals surface area contributed by atoms with Crippen molar-refractivity contribution < 1.29 is 14.7 Å². The molecule has 0 saturated carbocycles. The Hall–Kier alpha value is -1.59. The van der Waals surface area contributed by atoms with Gasteiger partial charge >= 0.3 is 5.97 Å². The van der Waals surface area contributed by atoms with Crippen molar-refractivity contribution in [2.75, 3.05) is 0 Å². The lowest BCUT2D eigenvalue weighted by Gasteiger charge is -2.18. The first-order valence-corrected chi connectivity index (χ1v) is 6.83. The van der Waals surface area contributed by atoms with Crippen LogP contribution in [0.3, 0.4) is 0 Å². The summed E-state index contributed by atoms with van der Waals surface area (Å²) in [7, 11) is 0. The molecule has 2 atom stereocenters. The molecule has 6 heteroatoms. The highest BCUT2D eigenvalue weighted by Gasteiger charge is 2.20. The third kappa shape index (κ3) is 6.04. The Morgan fingerprint density at radius 1 is 1.30 bits per heavy atom. The van der Waals surface area contributed by atoms with E-state index in [9.17, 15) is 9.59 Å². The highest BCUT2D eigenvalue weighted by Crippen LogP contribution is 2.04. The summed E-state index contributed by atoms with van der Waals surface area (Å²) in [6, 6.07) is 9.05. The summed E-state index contributed by atoms with van der Waals surface area (Å²) in [5.41, 5.74) is 1.13. The van der Waals surface area contributed by atoms with Crippen LogP contribution >= 0.6 is 11.8 Å². The molecule has 20 heavy (non-hydrogen) atoms. The summed E-state index contributed by atoms with van der Waals surface area (Å²) < 4.78 is 0. The largest absolute Gasteiger partial charge is 0.481 e. The fraction of sp³-hybridized carbons (Fsp3) is 0.429. The lowest BCUT2D eigenvalue weighted by Crippen LogP contribution is -2.45. The quantitative estimate of drug-likeness (QED) is 0.639. The predicted molar refractivity (Wildman–Crippen MR) is 77.4 cm³/mol. The zero-order valence-electron chi connectivity index (χ0n) is 11.3. The molecule has 1 aromatic rings. The molecule has 0 spiro atoms. The second-order valence-corrected chi connectivity index (χ2v) is 4.91. The van der Waals surface area contributed by atoms with Gasteiger partial charge in [-0.3, -0.25) is 9.59 Å². The lowest BCUT2D eigenvalue weighted by molar-refractivity contribution is -0.137. The Bertz CT molecular complexity index is 439. The Balaban J connectivity index is 2.44. The van der Waals surface area contributed by atoms with Crippen molar-refractivity contribution in [3.63, 3.8) is 0 Å². The molecule has 1 amide bonds. The highest BCUT2D eigenvalue weighted by molar-refractivity contribution is 6.15. The molecule has 0 radical (unpaired) electrons. The molecule has 0 fully saturated rings. The van der Waals surface area contributed by atoms with E-state index >= 15 is 0 Å². The van der Waals surface area contributed by atoms with Gasteiger partial charge in [-0.15, -0.1) is 0 Å². The van der Waals surface area contributed by atoms with Crippen LogP contribution in [-0.2, 0) is 16.0 Å². The second-order valence-electron chi connectivity index (χ2n) is 4.69. The smallest absolute Gasteiger partial charge is 0.303 e. The molecule has 110 valence electrons. The Morgan fingerprint density at radius 2 is 1.95 bits per heavy atom. The van der Waals surface area contributed by atoms with Crippen LogP contribution in [0.2, 0.25) is 0 Å². The van der Waals surface area contributed by atoms with Crippen molar-refractivity contribution in [2.24, 2.45) is 0 Å². The molecule has 3 N–H and O–H groups in total. The number of hydrogen-bond donors (Lipinski definition) is 3. The number of hydrogen-bond acceptors (Lipinski definition) is 3. The molecule has 0 saturated heterocycles. The summed E-state index contributed by atoms with van der Waals surface area (Å²) in [6.07, 6.45) is 0.758. The monoisotopic (exact) mass is 298 g/mol. The van der Waals surface area contributed by atoms with Gasteiger partial charge in [0.1, 0.15) is 6.04 Å². The van der Waals surface area contributed by atoms with Gasteiger partial charge in [0.05, 0.1) is 0 Å². The van der Waals surface area contributed by atoms with E-state index in [4.69, 9.17) is 16.9 Å². The maximum absolute atomic E-state index is 11.9. The molecule has 1 rings (SSSR count). The van der Waals surface area contributed by atoms with Gasteiger partial charge in [-0.05, 0) is 37.1 Å². The minimum atomic E-state index is -0.952. The third-order valence-corrected chi connectivity index (χ3v) is 3.13. The van der Waals surface area contributed by atoms with Crippen molar-refractivity contribution in [3.8, 4) is 0 Å². The van der Waals surface area contributed by atoms with Gasteiger partial charge in [-0.2, -0.15) is 0 Å². The van der Waals surface area contributed by atoms with Crippen LogP contribution in [0, 0.1) is 0 Å². The van der Waals surface area contributed by atoms with Crippen molar-refractivity contribution >= 4 is 23.7 Å². The molecular formula is C14H19ClN2O3. The SMILES string of the molecule is C[C@@H](Cc1ccccc1)NC(=O)[C@@H](CCC(=O)O)NCl. The van der Waals surface area contributed by atoms with Crippen LogP contribution in [0.4, 0.5) is 0 Å². The topological polar surface area (TPSA) is 78.4 Å². The fourth-order valence-electron chi connectivity index (χ4n) is 1.87. The molecule has 0 aliphatic heterocycles. The van der Waals surface area contributed by atoms with Gasteiger partial charge in [0.2, 0.25) is 5.91 Å². The van der Waals surface area contributed by atoms with E-state index in [0.29, 0.717) is 6.42 Å². The first-order valence-electron chi connectivity index (χ1n) is 6.45. The van der Waals surface area contributed by atoms with E-state index in [0.717, 1.165) is 5.56 Å². The van der Waals surface area contributed by atoms with E-state index < -0.39 is 12.0 Å². The number of carbonyl (C=O) groups excluding carboxylic acids is 1. The molecular weight excluding hydrogens is 280 g/mol. The van der Waals surface area contributed by atoms with Crippen LogP contribution in [0.25, 0.3) is 0 Å². The maximum Gasteiger partial charge on any atom is 0.303 e. The maximum atomic E-state index is 11.9. The Morgan fingerprint density at radius 3 is 2.50 bits per heavy atom. The molecule has 5 nitrogen and oxygen atoms in total. The fourth-order valence-corrected chi connectivity index (χ4v) is 2.07. The number of benzene rings is 1. The number of rotatable bonds is 8. The van der Waals surface area contributed by atoms with E-state index in [1.807, 2.05) is 37.3 Å². The summed E-state index contributed by atoms with van der Waals surface area (Å²) in [4.78, 5) is 24.8. The summed E-state index contributed by atoms with van der Waals surface area (Å²) in [5.74, 6) is -1.24. The van der Waals surface area contributed by atoms with E-state index in [2.05, 4.69) is 10.2 Å². The van der Waals surface area contributed by atoms with E-state index in [-0.39, 0.29) is 24.8 Å². The number of carboxylic acids is 1. The molecule has 0 heterocycles. The average Bonchev–Trinajstić information content (AvgIpc) is 2.40. The van der Waals surface area contributed by atoms with Gasteiger partial charge in [0.25, 0.3) is 0 Å². The third-order valence-electron chi connectivity index (χ3n) is 2.87. The molecule has 0 aromatic heterocycles. The Labute approximate surface area is 123 Å². The number of amides is 1. The van der Waals surface area contributed by atoms with Gasteiger partial charge in [-0.1, -0.05) is 30.3 Å². The molecule has 0 bridgehead atoms. The van der Waals surface area contributed by atoms with Gasteiger partial charge < -0.3 is 10.4 Å².